The van der Waals surface area contributed by atoms with Crippen LogP contribution in [0.1, 0.15) is 68.4 Å². The van der Waals surface area contributed by atoms with Crippen molar-refractivity contribution in [1.82, 2.24) is 0 Å². The average Bonchev–Trinajstić information content (AvgIpc) is 2.39. The van der Waals surface area contributed by atoms with Crippen LogP contribution in [0.15, 0.2) is 24.3 Å². The third kappa shape index (κ3) is 2.07. The van der Waals surface area contributed by atoms with Crippen LogP contribution in [-0.2, 0) is 10.2 Å². The summed E-state index contributed by atoms with van der Waals surface area (Å²) in [5, 5.41) is 9.66. The van der Waals surface area contributed by atoms with Gasteiger partial charge >= 0.3 is 5.97 Å². The predicted octanol–water partition coefficient (Wildman–Crippen LogP) is 4.24. The predicted molar refractivity (Wildman–Crippen MR) is 75.4 cm³/mol. The maximum atomic E-state index is 11.7. The van der Waals surface area contributed by atoms with Crippen molar-refractivity contribution < 1.29 is 9.90 Å². The van der Waals surface area contributed by atoms with E-state index in [1.165, 1.54) is 37.7 Å². The van der Waals surface area contributed by atoms with Gasteiger partial charge in [-0.15, -0.1) is 0 Å². The molecule has 0 bridgehead atoms. The molecule has 3 rings (SSSR count). The molecule has 0 heterocycles. The van der Waals surface area contributed by atoms with Crippen molar-refractivity contribution in [2.24, 2.45) is 0 Å². The molecule has 0 aromatic heterocycles. The van der Waals surface area contributed by atoms with Crippen LogP contribution in [-0.4, -0.2) is 11.1 Å². The molecule has 0 atom stereocenters. The molecule has 2 aliphatic carbocycles. The lowest BCUT2D eigenvalue weighted by atomic mass is 9.62. The Morgan fingerprint density at radius 3 is 2.32 bits per heavy atom. The van der Waals surface area contributed by atoms with Crippen molar-refractivity contribution in [3.63, 3.8) is 0 Å². The molecule has 19 heavy (non-hydrogen) atoms. The van der Waals surface area contributed by atoms with E-state index < -0.39 is 11.4 Å². The molecule has 0 spiro atoms. The normalized spacial score (nSPS) is 22.7. The van der Waals surface area contributed by atoms with Crippen LogP contribution in [0.25, 0.3) is 0 Å². The fourth-order valence-electron chi connectivity index (χ4n) is 3.83. The van der Waals surface area contributed by atoms with Gasteiger partial charge in [-0.25, -0.2) is 0 Å². The Bertz CT molecular complexity index is 468. The maximum absolute atomic E-state index is 11.7. The highest BCUT2D eigenvalue weighted by molar-refractivity contribution is 5.83. The largest absolute Gasteiger partial charge is 0.481 e. The summed E-state index contributed by atoms with van der Waals surface area (Å²) in [7, 11) is 0. The number of carboxylic acid groups (broad SMARTS) is 1. The maximum Gasteiger partial charge on any atom is 0.314 e. The van der Waals surface area contributed by atoms with Gasteiger partial charge in [0.25, 0.3) is 0 Å². The van der Waals surface area contributed by atoms with Crippen molar-refractivity contribution in [3.05, 3.63) is 35.4 Å². The first-order chi connectivity index (χ1) is 9.24. The Morgan fingerprint density at radius 1 is 1.05 bits per heavy atom. The van der Waals surface area contributed by atoms with E-state index in [0.717, 1.165) is 24.8 Å². The molecule has 1 N–H and O–H groups in total. The Labute approximate surface area is 114 Å². The van der Waals surface area contributed by atoms with Crippen molar-refractivity contribution in [2.75, 3.05) is 0 Å². The summed E-state index contributed by atoms with van der Waals surface area (Å²) in [6.45, 7) is 0. The zero-order chi connectivity index (χ0) is 13.3. The lowest BCUT2D eigenvalue weighted by Gasteiger charge is -2.40. The fraction of sp³-hybridized carbons (Fsp3) is 0.588. The second-order valence-electron chi connectivity index (χ2n) is 6.16. The molecule has 102 valence electrons. The van der Waals surface area contributed by atoms with Crippen LogP contribution < -0.4 is 0 Å². The Kier molecular flexibility index (Phi) is 3.34. The van der Waals surface area contributed by atoms with E-state index in [0.29, 0.717) is 5.92 Å². The van der Waals surface area contributed by atoms with Gasteiger partial charge in [0, 0.05) is 0 Å². The van der Waals surface area contributed by atoms with E-state index in [-0.39, 0.29) is 0 Å². The Morgan fingerprint density at radius 2 is 1.74 bits per heavy atom. The van der Waals surface area contributed by atoms with Gasteiger partial charge in [0.15, 0.2) is 0 Å². The number of aliphatic carboxylic acids is 1. The fourth-order valence-corrected chi connectivity index (χ4v) is 3.83. The molecule has 0 aliphatic heterocycles. The van der Waals surface area contributed by atoms with E-state index in [2.05, 4.69) is 18.2 Å². The lowest BCUT2D eigenvalue weighted by Crippen LogP contribution is -2.43. The summed E-state index contributed by atoms with van der Waals surface area (Å²) in [5.41, 5.74) is 1.86. The Balaban J connectivity index is 1.99. The number of hydrogen-bond donors (Lipinski definition) is 1. The highest BCUT2D eigenvalue weighted by Gasteiger charge is 2.47. The summed E-state index contributed by atoms with van der Waals surface area (Å²) in [4.78, 5) is 11.7. The minimum Gasteiger partial charge on any atom is -0.481 e. The van der Waals surface area contributed by atoms with Crippen molar-refractivity contribution >= 4 is 5.97 Å². The summed E-state index contributed by atoms with van der Waals surface area (Å²) < 4.78 is 0. The molecule has 1 aromatic rings. The van der Waals surface area contributed by atoms with Crippen LogP contribution in [0, 0.1) is 0 Å². The monoisotopic (exact) mass is 258 g/mol. The van der Waals surface area contributed by atoms with Gasteiger partial charge in [-0.2, -0.15) is 0 Å². The van der Waals surface area contributed by atoms with Crippen LogP contribution in [0.2, 0.25) is 0 Å². The summed E-state index contributed by atoms with van der Waals surface area (Å²) in [5.74, 6) is -0.0382. The van der Waals surface area contributed by atoms with E-state index in [4.69, 9.17) is 0 Å². The van der Waals surface area contributed by atoms with Gasteiger partial charge < -0.3 is 5.11 Å². The van der Waals surface area contributed by atoms with E-state index in [9.17, 15) is 9.90 Å². The number of carboxylic acids is 1. The van der Waals surface area contributed by atoms with E-state index in [1.807, 2.05) is 6.07 Å². The molecule has 2 heteroatoms. The summed E-state index contributed by atoms with van der Waals surface area (Å²) >= 11 is 0. The third-order valence-corrected chi connectivity index (χ3v) is 5.14. The molecule has 0 saturated heterocycles. The molecule has 0 radical (unpaired) electrons. The molecular weight excluding hydrogens is 236 g/mol. The van der Waals surface area contributed by atoms with Crippen molar-refractivity contribution in [3.8, 4) is 0 Å². The van der Waals surface area contributed by atoms with Crippen LogP contribution in [0.4, 0.5) is 0 Å². The number of hydrogen-bond acceptors (Lipinski definition) is 1. The average molecular weight is 258 g/mol. The smallest absolute Gasteiger partial charge is 0.314 e. The van der Waals surface area contributed by atoms with E-state index in [1.54, 1.807) is 0 Å². The zero-order valence-electron chi connectivity index (χ0n) is 11.4. The highest BCUT2D eigenvalue weighted by Crippen LogP contribution is 2.48. The van der Waals surface area contributed by atoms with Gasteiger partial charge in [0.1, 0.15) is 0 Å². The Hall–Kier alpha value is -1.31. The second-order valence-corrected chi connectivity index (χ2v) is 6.16. The number of rotatable bonds is 3. The number of benzene rings is 1. The standard InChI is InChI=1S/C17H22O2/c18-16(19)17(11-6-12-17)15-10-5-4-9-14(15)13-7-2-1-3-8-13/h4-5,9-10,13H,1-3,6-8,11-12H2,(H,18,19). The molecule has 2 saturated carbocycles. The van der Waals surface area contributed by atoms with Crippen molar-refractivity contribution in [1.29, 1.82) is 0 Å². The second kappa shape index (κ2) is 4.99. The first-order valence-electron chi connectivity index (χ1n) is 7.57. The molecule has 1 aromatic carbocycles. The highest BCUT2D eigenvalue weighted by atomic mass is 16.4. The van der Waals surface area contributed by atoms with Crippen LogP contribution in [0.5, 0.6) is 0 Å². The third-order valence-electron chi connectivity index (χ3n) is 5.14. The van der Waals surface area contributed by atoms with E-state index >= 15 is 0 Å². The SMILES string of the molecule is O=C(O)C1(c2ccccc2C2CCCCC2)CCC1. The van der Waals surface area contributed by atoms with Gasteiger partial charge in [-0.3, -0.25) is 4.79 Å². The lowest BCUT2D eigenvalue weighted by molar-refractivity contribution is -0.147. The molecule has 0 amide bonds. The molecule has 2 nitrogen and oxygen atoms in total. The van der Waals surface area contributed by atoms with Gasteiger partial charge in [0.05, 0.1) is 5.41 Å². The minimum absolute atomic E-state index is 0.575. The topological polar surface area (TPSA) is 37.3 Å². The van der Waals surface area contributed by atoms with Gasteiger partial charge in [-0.05, 0) is 42.7 Å². The molecule has 2 fully saturated rings. The number of carbonyl (C=O) groups is 1. The summed E-state index contributed by atoms with van der Waals surface area (Å²) in [6.07, 6.45) is 9.05. The minimum atomic E-state index is -0.623. The molecule has 2 aliphatic rings. The van der Waals surface area contributed by atoms with Crippen molar-refractivity contribution in [2.45, 2.75) is 62.7 Å². The summed E-state index contributed by atoms with van der Waals surface area (Å²) in [6, 6.07) is 8.32. The van der Waals surface area contributed by atoms with Gasteiger partial charge in [-0.1, -0.05) is 49.9 Å². The molecular formula is C17H22O2. The first kappa shape index (κ1) is 12.7. The quantitative estimate of drug-likeness (QED) is 0.880. The van der Waals surface area contributed by atoms with Crippen LogP contribution >= 0.6 is 0 Å². The molecule has 0 unspecified atom stereocenters. The first-order valence-corrected chi connectivity index (χ1v) is 7.57. The van der Waals surface area contributed by atoms with Crippen LogP contribution in [0.3, 0.4) is 0 Å². The van der Waals surface area contributed by atoms with Gasteiger partial charge in [0.2, 0.25) is 0 Å². The zero-order valence-corrected chi connectivity index (χ0v) is 11.4.